The van der Waals surface area contributed by atoms with Gasteiger partial charge in [0.25, 0.3) is 0 Å². The summed E-state index contributed by atoms with van der Waals surface area (Å²) < 4.78 is 33.4. The lowest BCUT2D eigenvalue weighted by Crippen LogP contribution is -2.18. The number of hydrogen-bond donors (Lipinski definition) is 0. The van der Waals surface area contributed by atoms with E-state index >= 15 is 0 Å². The predicted molar refractivity (Wildman–Crippen MR) is 103 cm³/mol. The van der Waals surface area contributed by atoms with Gasteiger partial charge in [0.2, 0.25) is 10.0 Å². The summed E-state index contributed by atoms with van der Waals surface area (Å²) in [4.78, 5) is 0.309. The molecule has 0 radical (unpaired) electrons. The Morgan fingerprint density at radius 1 is 1.15 bits per heavy atom. The van der Waals surface area contributed by atoms with Gasteiger partial charge in [-0.15, -0.1) is 6.42 Å². The zero-order valence-electron chi connectivity index (χ0n) is 15.5. The fourth-order valence-corrected chi connectivity index (χ4v) is 5.63. The summed E-state index contributed by atoms with van der Waals surface area (Å²) in [7, 11) is -2.07. The van der Waals surface area contributed by atoms with Crippen molar-refractivity contribution in [3.8, 4) is 18.1 Å². The summed E-state index contributed by atoms with van der Waals surface area (Å²) in [6.45, 7) is 5.54. The van der Waals surface area contributed by atoms with Gasteiger partial charge in [-0.3, -0.25) is 0 Å². The lowest BCUT2D eigenvalue weighted by Gasteiger charge is -2.16. The molecule has 0 aromatic heterocycles. The van der Waals surface area contributed by atoms with E-state index in [0.29, 0.717) is 16.9 Å². The fraction of sp³-hybridized carbons (Fsp3) is 0.333. The highest BCUT2D eigenvalue weighted by Gasteiger charge is 2.54. The maximum absolute atomic E-state index is 13.3. The van der Waals surface area contributed by atoms with Crippen LogP contribution in [0.4, 0.5) is 0 Å². The Balaban J connectivity index is 1.97. The number of terminal acetylenes is 1. The highest BCUT2D eigenvalue weighted by molar-refractivity contribution is 7.89. The van der Waals surface area contributed by atoms with Gasteiger partial charge in [0.05, 0.1) is 18.0 Å². The molecule has 26 heavy (non-hydrogen) atoms. The highest BCUT2D eigenvalue weighted by atomic mass is 32.2. The number of nitrogens with zero attached hydrogens (tertiary/aromatic N) is 1. The predicted octanol–water partition coefficient (Wildman–Crippen LogP) is 3.24. The average molecular weight is 369 g/mol. The highest BCUT2D eigenvalue weighted by Crippen LogP contribution is 2.40. The minimum atomic E-state index is -3.66. The fourth-order valence-electron chi connectivity index (χ4n) is 3.54. The van der Waals surface area contributed by atoms with Crippen molar-refractivity contribution in [1.82, 2.24) is 4.31 Å². The van der Waals surface area contributed by atoms with Crippen LogP contribution in [0.25, 0.3) is 0 Å². The monoisotopic (exact) mass is 369 g/mol. The molecule has 1 aliphatic heterocycles. The number of benzene rings is 2. The molecule has 136 valence electrons. The standard InChI is InChI=1S/C21H23NO3S/c1-6-18-19(13-17-10-8-7-9-11-17)22(18)26(23,24)20-12-14(2)21(25-5)16(4)15(20)3/h1,7-12,18-19H,13H2,2-5H3/t18-,19-,22?/m0/s1. The third kappa shape index (κ3) is 3.00. The van der Waals surface area contributed by atoms with Gasteiger partial charge in [0, 0.05) is 0 Å². The minimum absolute atomic E-state index is 0.200. The van der Waals surface area contributed by atoms with Gasteiger partial charge in [-0.2, -0.15) is 4.31 Å². The van der Waals surface area contributed by atoms with Crippen LogP contribution in [0.3, 0.4) is 0 Å². The number of sulfonamides is 1. The van der Waals surface area contributed by atoms with E-state index in [1.165, 1.54) is 4.31 Å². The van der Waals surface area contributed by atoms with Crippen molar-refractivity contribution in [3.05, 3.63) is 58.7 Å². The first-order valence-corrected chi connectivity index (χ1v) is 9.95. The largest absolute Gasteiger partial charge is 0.496 e. The van der Waals surface area contributed by atoms with E-state index in [4.69, 9.17) is 11.2 Å². The number of rotatable bonds is 5. The lowest BCUT2D eigenvalue weighted by atomic mass is 10.1. The van der Waals surface area contributed by atoms with E-state index in [9.17, 15) is 8.42 Å². The lowest BCUT2D eigenvalue weighted by molar-refractivity contribution is 0.407. The number of hydrogen-bond acceptors (Lipinski definition) is 3. The molecule has 0 saturated carbocycles. The van der Waals surface area contributed by atoms with Crippen molar-refractivity contribution in [2.24, 2.45) is 0 Å². The molecular weight excluding hydrogens is 346 g/mol. The molecule has 2 aromatic rings. The second-order valence-electron chi connectivity index (χ2n) is 6.68. The molecule has 0 bridgehead atoms. The Labute approximate surface area is 155 Å². The molecule has 1 unspecified atom stereocenters. The van der Waals surface area contributed by atoms with Crippen LogP contribution in [0, 0.1) is 33.1 Å². The summed E-state index contributed by atoms with van der Waals surface area (Å²) in [6, 6.07) is 10.9. The first-order chi connectivity index (χ1) is 12.3. The Morgan fingerprint density at radius 2 is 1.81 bits per heavy atom. The molecule has 1 heterocycles. The minimum Gasteiger partial charge on any atom is -0.496 e. The number of aryl methyl sites for hydroxylation is 1. The van der Waals surface area contributed by atoms with Gasteiger partial charge in [0.1, 0.15) is 11.8 Å². The molecule has 5 heteroatoms. The maximum atomic E-state index is 13.3. The molecule has 3 rings (SSSR count). The normalized spacial score (nSPS) is 21.9. The molecule has 0 spiro atoms. The zero-order valence-corrected chi connectivity index (χ0v) is 16.3. The maximum Gasteiger partial charge on any atom is 0.244 e. The van der Waals surface area contributed by atoms with E-state index in [1.807, 2.05) is 51.1 Å². The Hall–Kier alpha value is -2.29. The Bertz CT molecular complexity index is 975. The first-order valence-electron chi connectivity index (χ1n) is 8.51. The summed E-state index contributed by atoms with van der Waals surface area (Å²) in [5.74, 6) is 3.35. The van der Waals surface area contributed by atoms with E-state index in [1.54, 1.807) is 13.2 Å². The summed E-state index contributed by atoms with van der Waals surface area (Å²) in [5.41, 5.74) is 3.42. The molecule has 1 saturated heterocycles. The van der Waals surface area contributed by atoms with Crippen LogP contribution < -0.4 is 4.74 Å². The van der Waals surface area contributed by atoms with Crippen LogP contribution >= 0.6 is 0 Å². The Morgan fingerprint density at radius 3 is 2.38 bits per heavy atom. The summed E-state index contributed by atoms with van der Waals surface area (Å²) in [5, 5.41) is 0. The van der Waals surface area contributed by atoms with Crippen molar-refractivity contribution in [2.75, 3.05) is 7.11 Å². The van der Waals surface area contributed by atoms with Crippen molar-refractivity contribution < 1.29 is 13.2 Å². The number of methoxy groups -OCH3 is 1. The summed E-state index contributed by atoms with van der Waals surface area (Å²) in [6.07, 6.45) is 6.22. The third-order valence-corrected chi connectivity index (χ3v) is 7.11. The molecule has 3 atom stereocenters. The van der Waals surface area contributed by atoms with Gasteiger partial charge in [-0.05, 0) is 55.5 Å². The van der Waals surface area contributed by atoms with Crippen molar-refractivity contribution in [2.45, 2.75) is 44.2 Å². The van der Waals surface area contributed by atoms with Crippen LogP contribution in [0.5, 0.6) is 5.75 Å². The van der Waals surface area contributed by atoms with Crippen LogP contribution in [0.15, 0.2) is 41.3 Å². The molecule has 2 aromatic carbocycles. The van der Waals surface area contributed by atoms with E-state index in [2.05, 4.69) is 5.92 Å². The topological polar surface area (TPSA) is 46.4 Å². The van der Waals surface area contributed by atoms with E-state index in [0.717, 1.165) is 22.4 Å². The molecule has 0 amide bonds. The second kappa shape index (κ2) is 6.79. The van der Waals surface area contributed by atoms with Crippen LogP contribution in [0.1, 0.15) is 22.3 Å². The van der Waals surface area contributed by atoms with Gasteiger partial charge < -0.3 is 4.74 Å². The number of ether oxygens (including phenoxy) is 1. The van der Waals surface area contributed by atoms with Gasteiger partial charge >= 0.3 is 0 Å². The van der Waals surface area contributed by atoms with E-state index in [-0.39, 0.29) is 6.04 Å². The van der Waals surface area contributed by atoms with Gasteiger partial charge in [0.15, 0.2) is 0 Å². The van der Waals surface area contributed by atoms with Gasteiger partial charge in [-0.25, -0.2) is 8.42 Å². The molecule has 0 aliphatic carbocycles. The SMILES string of the molecule is C#C[C@H]1[C@H](Cc2ccccc2)N1S(=O)(=O)c1cc(C)c(OC)c(C)c1C. The van der Waals surface area contributed by atoms with Crippen molar-refractivity contribution in [1.29, 1.82) is 0 Å². The molecule has 0 N–H and O–H groups in total. The van der Waals surface area contributed by atoms with Crippen molar-refractivity contribution in [3.63, 3.8) is 0 Å². The third-order valence-electron chi connectivity index (χ3n) is 5.07. The molecule has 1 fully saturated rings. The molecule has 1 aliphatic rings. The average Bonchev–Trinajstić information content (AvgIpc) is 3.33. The zero-order chi connectivity index (χ0) is 19.1. The van der Waals surface area contributed by atoms with E-state index < -0.39 is 16.1 Å². The quantitative estimate of drug-likeness (QED) is 0.600. The smallest absolute Gasteiger partial charge is 0.244 e. The molecular formula is C21H23NO3S. The van der Waals surface area contributed by atoms with Gasteiger partial charge in [-0.1, -0.05) is 36.3 Å². The first kappa shape index (κ1) is 18.5. The van der Waals surface area contributed by atoms with Crippen LogP contribution in [-0.2, 0) is 16.4 Å². The Kier molecular flexibility index (Phi) is 4.83. The van der Waals surface area contributed by atoms with Crippen molar-refractivity contribution >= 4 is 10.0 Å². The second-order valence-corrected chi connectivity index (χ2v) is 8.49. The summed E-state index contributed by atoms with van der Waals surface area (Å²) >= 11 is 0. The van der Waals surface area contributed by atoms with Crippen LogP contribution in [0.2, 0.25) is 0 Å². The van der Waals surface area contributed by atoms with Crippen LogP contribution in [-0.4, -0.2) is 31.9 Å². The molecule has 4 nitrogen and oxygen atoms in total.